The van der Waals surface area contributed by atoms with E-state index in [4.69, 9.17) is 10.0 Å². The van der Waals surface area contributed by atoms with E-state index in [1.807, 2.05) is 0 Å². The van der Waals surface area contributed by atoms with Crippen molar-refractivity contribution in [2.24, 2.45) is 7.05 Å². The zero-order valence-corrected chi connectivity index (χ0v) is 6.35. The molecule has 0 aliphatic heterocycles. The van der Waals surface area contributed by atoms with Crippen LogP contribution in [-0.4, -0.2) is 26.9 Å². The maximum absolute atomic E-state index is 8.39. The number of rotatable bonds is 2. The molecule has 1 aromatic heterocycles. The molecule has 11 heavy (non-hydrogen) atoms. The summed E-state index contributed by atoms with van der Waals surface area (Å²) in [7, 11) is -0.0110. The third kappa shape index (κ3) is 1.96. The standard InChI is InChI=1S/C5H9BN2O3/c1-4-7-5(3-8(4)2)11-6(9)10/h3,9-10H,1-2H3. The van der Waals surface area contributed by atoms with Crippen molar-refractivity contribution >= 4 is 7.32 Å². The van der Waals surface area contributed by atoms with E-state index < -0.39 is 7.32 Å². The van der Waals surface area contributed by atoms with Crippen molar-refractivity contribution in [2.45, 2.75) is 6.92 Å². The molecule has 5 nitrogen and oxygen atoms in total. The molecule has 0 saturated heterocycles. The molecule has 60 valence electrons. The molecule has 0 atom stereocenters. The maximum Gasteiger partial charge on any atom is 0.708 e. The molecular formula is C5H9BN2O3. The maximum atomic E-state index is 8.39. The second kappa shape index (κ2) is 2.94. The fourth-order valence-corrected chi connectivity index (χ4v) is 0.691. The highest BCUT2D eigenvalue weighted by Crippen LogP contribution is 2.07. The quantitative estimate of drug-likeness (QED) is 0.543. The van der Waals surface area contributed by atoms with E-state index in [1.54, 1.807) is 24.7 Å². The Morgan fingerprint density at radius 1 is 1.64 bits per heavy atom. The summed E-state index contributed by atoms with van der Waals surface area (Å²) >= 11 is 0. The van der Waals surface area contributed by atoms with Crippen LogP contribution in [0.2, 0.25) is 0 Å². The minimum Gasteiger partial charge on any atom is -0.497 e. The van der Waals surface area contributed by atoms with Crippen LogP contribution in [0.15, 0.2) is 6.20 Å². The van der Waals surface area contributed by atoms with Gasteiger partial charge in [-0.2, -0.15) is 0 Å². The Kier molecular flexibility index (Phi) is 2.16. The predicted octanol–water partition coefficient (Wildman–Crippen LogP) is -0.923. The lowest BCUT2D eigenvalue weighted by molar-refractivity contribution is 0.283. The Balaban J connectivity index is 2.73. The molecular weight excluding hydrogens is 147 g/mol. The predicted molar refractivity (Wildman–Crippen MR) is 38.8 cm³/mol. The van der Waals surface area contributed by atoms with Crippen molar-refractivity contribution in [3.05, 3.63) is 12.0 Å². The SMILES string of the molecule is Cc1nc(OB(O)O)cn1C. The zero-order chi connectivity index (χ0) is 8.43. The largest absolute Gasteiger partial charge is 0.708 e. The third-order valence-electron chi connectivity index (χ3n) is 1.31. The molecule has 1 heterocycles. The lowest BCUT2D eigenvalue weighted by atomic mass is 10.3. The fourth-order valence-electron chi connectivity index (χ4n) is 0.691. The second-order valence-corrected chi connectivity index (χ2v) is 2.18. The lowest BCUT2D eigenvalue weighted by Crippen LogP contribution is -2.20. The van der Waals surface area contributed by atoms with Crippen molar-refractivity contribution in [3.8, 4) is 5.88 Å². The molecule has 6 heteroatoms. The minimum absolute atomic E-state index is 0.208. The monoisotopic (exact) mass is 156 g/mol. The smallest absolute Gasteiger partial charge is 0.497 e. The first-order chi connectivity index (χ1) is 5.09. The van der Waals surface area contributed by atoms with Crippen LogP contribution in [0.5, 0.6) is 5.88 Å². The van der Waals surface area contributed by atoms with Crippen molar-refractivity contribution in [2.75, 3.05) is 0 Å². The van der Waals surface area contributed by atoms with E-state index in [9.17, 15) is 0 Å². The molecule has 0 unspecified atom stereocenters. The van der Waals surface area contributed by atoms with Crippen LogP contribution in [0, 0.1) is 6.92 Å². The average Bonchev–Trinajstić information content (AvgIpc) is 2.10. The number of imidazole rings is 1. The van der Waals surface area contributed by atoms with Crippen LogP contribution in [0.4, 0.5) is 0 Å². The lowest BCUT2D eigenvalue weighted by Gasteiger charge is -1.96. The van der Waals surface area contributed by atoms with Gasteiger partial charge in [0.1, 0.15) is 5.82 Å². The van der Waals surface area contributed by atoms with Crippen molar-refractivity contribution in [1.82, 2.24) is 9.55 Å². The molecule has 0 saturated carbocycles. The number of nitrogens with zero attached hydrogens (tertiary/aromatic N) is 2. The van der Waals surface area contributed by atoms with Crippen molar-refractivity contribution < 1.29 is 14.7 Å². The van der Waals surface area contributed by atoms with Crippen LogP contribution >= 0.6 is 0 Å². The summed E-state index contributed by atoms with van der Waals surface area (Å²) in [4.78, 5) is 3.87. The van der Waals surface area contributed by atoms with Gasteiger partial charge in [-0.3, -0.25) is 0 Å². The molecule has 0 fully saturated rings. The van der Waals surface area contributed by atoms with Gasteiger partial charge in [0.25, 0.3) is 0 Å². The summed E-state index contributed by atoms with van der Waals surface area (Å²) in [6.07, 6.45) is 1.56. The van der Waals surface area contributed by atoms with Crippen LogP contribution in [0.25, 0.3) is 0 Å². The summed E-state index contributed by atoms with van der Waals surface area (Å²) in [5.41, 5.74) is 0. The molecule has 2 N–H and O–H groups in total. The molecule has 0 radical (unpaired) electrons. The van der Waals surface area contributed by atoms with Crippen LogP contribution in [0.3, 0.4) is 0 Å². The third-order valence-corrected chi connectivity index (χ3v) is 1.31. The van der Waals surface area contributed by atoms with Crippen LogP contribution in [0.1, 0.15) is 5.82 Å². The minimum atomic E-state index is -1.80. The Bertz CT molecular complexity index is 228. The molecule has 0 bridgehead atoms. The highest BCUT2D eigenvalue weighted by Gasteiger charge is 2.13. The number of aromatic nitrogens is 2. The first kappa shape index (κ1) is 8.09. The Labute approximate surface area is 64.4 Å². The summed E-state index contributed by atoms with van der Waals surface area (Å²) in [5.74, 6) is 0.959. The zero-order valence-electron chi connectivity index (χ0n) is 6.35. The molecule has 0 spiro atoms. The summed E-state index contributed by atoms with van der Waals surface area (Å²) in [6.45, 7) is 1.79. The van der Waals surface area contributed by atoms with Gasteiger partial charge in [-0.1, -0.05) is 0 Å². The van der Waals surface area contributed by atoms with E-state index in [-0.39, 0.29) is 5.88 Å². The molecule has 0 aliphatic rings. The summed E-state index contributed by atoms with van der Waals surface area (Å²) < 4.78 is 6.21. The Morgan fingerprint density at radius 3 is 2.64 bits per heavy atom. The van der Waals surface area contributed by atoms with E-state index in [2.05, 4.69) is 9.64 Å². The van der Waals surface area contributed by atoms with Gasteiger partial charge in [-0.05, 0) is 6.92 Å². The Morgan fingerprint density at radius 2 is 2.27 bits per heavy atom. The van der Waals surface area contributed by atoms with E-state index in [0.717, 1.165) is 5.82 Å². The van der Waals surface area contributed by atoms with Crippen molar-refractivity contribution in [1.29, 1.82) is 0 Å². The van der Waals surface area contributed by atoms with Gasteiger partial charge < -0.3 is 19.3 Å². The summed E-state index contributed by atoms with van der Waals surface area (Å²) in [6, 6.07) is 0. The van der Waals surface area contributed by atoms with Gasteiger partial charge in [0.05, 0.1) is 6.20 Å². The highest BCUT2D eigenvalue weighted by atomic mass is 16.6. The first-order valence-electron chi connectivity index (χ1n) is 3.12. The van der Waals surface area contributed by atoms with Crippen LogP contribution < -0.4 is 4.65 Å². The van der Waals surface area contributed by atoms with Crippen molar-refractivity contribution in [3.63, 3.8) is 0 Å². The number of hydrogen-bond acceptors (Lipinski definition) is 4. The van der Waals surface area contributed by atoms with Gasteiger partial charge in [0.2, 0.25) is 5.88 Å². The topological polar surface area (TPSA) is 67.5 Å². The molecule has 0 aliphatic carbocycles. The molecule has 1 rings (SSSR count). The number of aryl methyl sites for hydroxylation is 2. The fraction of sp³-hybridized carbons (Fsp3) is 0.400. The molecule has 0 aromatic carbocycles. The van der Waals surface area contributed by atoms with E-state index >= 15 is 0 Å². The average molecular weight is 156 g/mol. The number of hydrogen-bond donors (Lipinski definition) is 2. The first-order valence-corrected chi connectivity index (χ1v) is 3.12. The van der Waals surface area contributed by atoms with E-state index in [0.29, 0.717) is 0 Å². The second-order valence-electron chi connectivity index (χ2n) is 2.18. The van der Waals surface area contributed by atoms with E-state index in [1.165, 1.54) is 0 Å². The van der Waals surface area contributed by atoms with Gasteiger partial charge in [-0.15, -0.1) is 0 Å². The van der Waals surface area contributed by atoms with Gasteiger partial charge in [0.15, 0.2) is 0 Å². The molecule has 0 amide bonds. The van der Waals surface area contributed by atoms with Crippen LogP contribution in [-0.2, 0) is 7.05 Å². The van der Waals surface area contributed by atoms with Gasteiger partial charge in [0, 0.05) is 7.05 Å². The molecule has 1 aromatic rings. The Hall–Kier alpha value is -1.01. The summed E-state index contributed by atoms with van der Waals surface area (Å²) in [5, 5.41) is 16.8. The van der Waals surface area contributed by atoms with Gasteiger partial charge in [-0.25, -0.2) is 4.98 Å². The normalized spacial score (nSPS) is 9.82. The highest BCUT2D eigenvalue weighted by molar-refractivity contribution is 6.33. The van der Waals surface area contributed by atoms with Gasteiger partial charge >= 0.3 is 7.32 Å².